The van der Waals surface area contributed by atoms with Gasteiger partial charge >= 0.3 is 5.97 Å². The molecule has 0 radical (unpaired) electrons. The number of allylic oxidation sites excluding steroid dienone is 2. The molecular formula is C21H40O3. The zero-order valence-electron chi connectivity index (χ0n) is 16.1. The second kappa shape index (κ2) is 18.5. The number of esters is 1. The molecule has 0 aliphatic rings. The van der Waals surface area contributed by atoms with Crippen molar-refractivity contribution in [3.63, 3.8) is 0 Å². The lowest BCUT2D eigenvalue weighted by molar-refractivity contribution is -0.140. The molecule has 0 aromatic carbocycles. The van der Waals surface area contributed by atoms with Crippen LogP contribution in [0.25, 0.3) is 0 Å². The van der Waals surface area contributed by atoms with E-state index in [-0.39, 0.29) is 12.1 Å². The van der Waals surface area contributed by atoms with Gasteiger partial charge in [0.25, 0.3) is 0 Å². The van der Waals surface area contributed by atoms with Gasteiger partial charge in [0.15, 0.2) is 0 Å². The molecule has 0 rings (SSSR count). The summed E-state index contributed by atoms with van der Waals surface area (Å²) in [4.78, 5) is 10.9. The average molecular weight is 341 g/mol. The van der Waals surface area contributed by atoms with Crippen molar-refractivity contribution in [2.75, 3.05) is 7.11 Å². The lowest BCUT2D eigenvalue weighted by Gasteiger charge is -2.04. The molecule has 0 aromatic heterocycles. The molecule has 1 unspecified atom stereocenters. The minimum Gasteiger partial charge on any atom is -0.469 e. The monoisotopic (exact) mass is 340 g/mol. The Kier molecular flexibility index (Phi) is 17.9. The van der Waals surface area contributed by atoms with Crippen molar-refractivity contribution in [2.45, 2.75) is 109 Å². The second-order valence-electron chi connectivity index (χ2n) is 6.90. The fraction of sp³-hybridized carbons (Fsp3) is 0.857. The van der Waals surface area contributed by atoms with E-state index in [4.69, 9.17) is 0 Å². The van der Waals surface area contributed by atoms with Gasteiger partial charge < -0.3 is 9.84 Å². The summed E-state index contributed by atoms with van der Waals surface area (Å²) in [6.07, 6.45) is 22.1. The Labute approximate surface area is 149 Å². The molecule has 0 amide bonds. The Bertz CT molecular complexity index is 297. The fourth-order valence-corrected chi connectivity index (χ4v) is 2.82. The van der Waals surface area contributed by atoms with Gasteiger partial charge in [-0.05, 0) is 39.0 Å². The maximum absolute atomic E-state index is 10.9. The lowest BCUT2D eigenvalue weighted by atomic mass is 10.0. The van der Waals surface area contributed by atoms with Crippen LogP contribution in [0, 0.1) is 0 Å². The normalized spacial score (nSPS) is 12.6. The Morgan fingerprint density at radius 2 is 1.29 bits per heavy atom. The summed E-state index contributed by atoms with van der Waals surface area (Å²) >= 11 is 0. The minimum absolute atomic E-state index is 0.108. The molecule has 142 valence electrons. The van der Waals surface area contributed by atoms with Crippen LogP contribution in [-0.4, -0.2) is 24.3 Å². The highest BCUT2D eigenvalue weighted by Crippen LogP contribution is 2.12. The maximum Gasteiger partial charge on any atom is 0.305 e. The third-order valence-electron chi connectivity index (χ3n) is 4.39. The van der Waals surface area contributed by atoms with Gasteiger partial charge in [-0.3, -0.25) is 4.79 Å². The van der Waals surface area contributed by atoms with Crippen molar-refractivity contribution in [2.24, 2.45) is 0 Å². The molecule has 1 atom stereocenters. The van der Waals surface area contributed by atoms with E-state index in [9.17, 15) is 9.90 Å². The van der Waals surface area contributed by atoms with Crippen molar-refractivity contribution in [1.29, 1.82) is 0 Å². The quantitative estimate of drug-likeness (QED) is 0.202. The lowest BCUT2D eigenvalue weighted by Crippen LogP contribution is -1.98. The molecule has 3 heteroatoms. The molecule has 0 bridgehead atoms. The maximum atomic E-state index is 10.9. The molecule has 0 aliphatic heterocycles. The first-order valence-corrected chi connectivity index (χ1v) is 10.1. The Morgan fingerprint density at radius 3 is 1.79 bits per heavy atom. The Morgan fingerprint density at radius 1 is 0.833 bits per heavy atom. The number of carbonyl (C=O) groups excluding carboxylic acids is 1. The summed E-state index contributed by atoms with van der Waals surface area (Å²) < 4.78 is 4.61. The number of aliphatic hydroxyl groups excluding tert-OH is 1. The number of aliphatic hydroxyl groups is 1. The van der Waals surface area contributed by atoms with Crippen LogP contribution in [0.4, 0.5) is 0 Å². The Hall–Kier alpha value is -0.830. The molecule has 0 aliphatic carbocycles. The predicted octanol–water partition coefficient (Wildman–Crippen LogP) is 5.95. The van der Waals surface area contributed by atoms with Gasteiger partial charge in [0.2, 0.25) is 0 Å². The first-order valence-electron chi connectivity index (χ1n) is 10.1. The van der Waals surface area contributed by atoms with Crippen LogP contribution in [0.3, 0.4) is 0 Å². The van der Waals surface area contributed by atoms with E-state index in [0.29, 0.717) is 6.42 Å². The van der Waals surface area contributed by atoms with Gasteiger partial charge in [-0.1, -0.05) is 69.9 Å². The van der Waals surface area contributed by atoms with Crippen molar-refractivity contribution in [3.8, 4) is 0 Å². The van der Waals surface area contributed by atoms with Crippen molar-refractivity contribution >= 4 is 5.97 Å². The van der Waals surface area contributed by atoms with Crippen LogP contribution in [-0.2, 0) is 9.53 Å². The number of carbonyl (C=O) groups is 1. The first kappa shape index (κ1) is 23.2. The number of methoxy groups -OCH3 is 1. The van der Waals surface area contributed by atoms with Gasteiger partial charge in [0, 0.05) is 6.42 Å². The first-order chi connectivity index (χ1) is 11.7. The molecule has 0 spiro atoms. The van der Waals surface area contributed by atoms with E-state index >= 15 is 0 Å². The van der Waals surface area contributed by atoms with Crippen LogP contribution in [0.2, 0.25) is 0 Å². The summed E-state index contributed by atoms with van der Waals surface area (Å²) in [6, 6.07) is 0. The number of rotatable bonds is 17. The second-order valence-corrected chi connectivity index (χ2v) is 6.90. The smallest absolute Gasteiger partial charge is 0.305 e. The molecule has 0 aromatic rings. The molecular weight excluding hydrogens is 300 g/mol. The van der Waals surface area contributed by atoms with Crippen molar-refractivity contribution in [1.82, 2.24) is 0 Å². The summed E-state index contributed by atoms with van der Waals surface area (Å²) in [5.74, 6) is -0.108. The van der Waals surface area contributed by atoms with E-state index in [1.54, 1.807) is 0 Å². The van der Waals surface area contributed by atoms with Crippen LogP contribution in [0.15, 0.2) is 12.2 Å². The highest BCUT2D eigenvalue weighted by atomic mass is 16.5. The highest BCUT2D eigenvalue weighted by molar-refractivity contribution is 5.68. The fourth-order valence-electron chi connectivity index (χ4n) is 2.82. The zero-order chi connectivity index (χ0) is 17.9. The van der Waals surface area contributed by atoms with Crippen molar-refractivity contribution < 1.29 is 14.6 Å². The molecule has 0 heterocycles. The third-order valence-corrected chi connectivity index (χ3v) is 4.39. The van der Waals surface area contributed by atoms with E-state index in [1.807, 2.05) is 6.92 Å². The predicted molar refractivity (Wildman–Crippen MR) is 102 cm³/mol. The summed E-state index contributed by atoms with van der Waals surface area (Å²) in [5, 5.41) is 9.18. The highest BCUT2D eigenvalue weighted by Gasteiger charge is 1.97. The van der Waals surface area contributed by atoms with E-state index in [2.05, 4.69) is 16.9 Å². The number of unbranched alkanes of at least 4 members (excludes halogenated alkanes) is 11. The molecule has 0 saturated carbocycles. The third kappa shape index (κ3) is 19.2. The molecule has 24 heavy (non-hydrogen) atoms. The average Bonchev–Trinajstić information content (AvgIpc) is 2.57. The number of ether oxygens (including phenoxy) is 1. The SMILES string of the molecule is COC(=O)CCC/C=C\CCCCCCCCCCCCC(C)O. The molecule has 0 saturated heterocycles. The van der Waals surface area contributed by atoms with Gasteiger partial charge in [0.1, 0.15) is 0 Å². The van der Waals surface area contributed by atoms with Gasteiger partial charge in [0.05, 0.1) is 13.2 Å². The van der Waals surface area contributed by atoms with Gasteiger partial charge in [-0.15, -0.1) is 0 Å². The van der Waals surface area contributed by atoms with Crippen LogP contribution < -0.4 is 0 Å². The Balaban J connectivity index is 3.11. The van der Waals surface area contributed by atoms with Crippen LogP contribution >= 0.6 is 0 Å². The van der Waals surface area contributed by atoms with Gasteiger partial charge in [-0.25, -0.2) is 0 Å². The standard InChI is InChI=1S/C21H40O3/c1-20(22)18-16-14-12-10-8-6-4-3-5-7-9-11-13-15-17-19-21(23)24-2/h11,13,20,22H,3-10,12,14-19H2,1-2H3/b13-11-. The van der Waals surface area contributed by atoms with Crippen LogP contribution in [0.1, 0.15) is 103 Å². The summed E-state index contributed by atoms with van der Waals surface area (Å²) in [6.45, 7) is 1.88. The van der Waals surface area contributed by atoms with E-state index < -0.39 is 0 Å². The summed E-state index contributed by atoms with van der Waals surface area (Å²) in [5.41, 5.74) is 0. The zero-order valence-corrected chi connectivity index (χ0v) is 16.1. The largest absolute Gasteiger partial charge is 0.469 e. The number of hydrogen-bond donors (Lipinski definition) is 1. The summed E-state index contributed by atoms with van der Waals surface area (Å²) in [7, 11) is 1.44. The topological polar surface area (TPSA) is 46.5 Å². The van der Waals surface area contributed by atoms with E-state index in [0.717, 1.165) is 19.3 Å². The van der Waals surface area contributed by atoms with E-state index in [1.165, 1.54) is 77.7 Å². The van der Waals surface area contributed by atoms with Crippen LogP contribution in [0.5, 0.6) is 0 Å². The molecule has 3 nitrogen and oxygen atoms in total. The van der Waals surface area contributed by atoms with Crippen molar-refractivity contribution in [3.05, 3.63) is 12.2 Å². The van der Waals surface area contributed by atoms with Gasteiger partial charge in [-0.2, -0.15) is 0 Å². The minimum atomic E-state index is -0.125. The molecule has 0 fully saturated rings. The number of hydrogen-bond acceptors (Lipinski definition) is 3. The molecule has 1 N–H and O–H groups in total.